The fraction of sp³-hybridized carbons (Fsp3) is 0.176. The smallest absolute Gasteiger partial charge is 0.226 e. The number of phenolic OH excluding ortho intramolecular Hbond substituents is 1. The van der Waals surface area contributed by atoms with Crippen molar-refractivity contribution in [2.75, 3.05) is 12.8 Å². The summed E-state index contributed by atoms with van der Waals surface area (Å²) in [5, 5.41) is 21.0. The van der Waals surface area contributed by atoms with Gasteiger partial charge in [-0.2, -0.15) is 0 Å². The maximum Gasteiger partial charge on any atom is 0.226 e. The molecule has 0 spiro atoms. The predicted molar refractivity (Wildman–Crippen MR) is 94.3 cm³/mol. The first kappa shape index (κ1) is 16.4. The molecule has 3 rings (SSSR count). The van der Waals surface area contributed by atoms with Gasteiger partial charge < -0.3 is 15.6 Å². The lowest BCUT2D eigenvalue weighted by atomic mass is 10.0. The number of benzene rings is 2. The Hall–Kier alpha value is -3.42. The summed E-state index contributed by atoms with van der Waals surface area (Å²) in [6.45, 7) is 1.90. The van der Waals surface area contributed by atoms with E-state index in [0.29, 0.717) is 34.8 Å². The minimum atomic E-state index is 0.0151. The largest absolute Gasteiger partial charge is 0.508 e. The van der Waals surface area contributed by atoms with Crippen molar-refractivity contribution in [2.45, 2.75) is 13.3 Å². The van der Waals surface area contributed by atoms with Crippen LogP contribution in [0, 0.1) is 4.91 Å². The van der Waals surface area contributed by atoms with Crippen molar-refractivity contribution in [1.82, 2.24) is 14.8 Å². The van der Waals surface area contributed by atoms with Gasteiger partial charge in [0.2, 0.25) is 5.95 Å². The number of hydrogen-bond donors (Lipinski definition) is 2. The first-order valence-corrected chi connectivity index (χ1v) is 7.64. The SMILES string of the molecule is CCc1cc(-c2nnc(N)n2-c2cccc(OC)c2)c(N=O)cc1O. The zero-order valence-electron chi connectivity index (χ0n) is 13.8. The van der Waals surface area contributed by atoms with E-state index in [-0.39, 0.29) is 17.4 Å². The normalized spacial score (nSPS) is 10.6. The van der Waals surface area contributed by atoms with Gasteiger partial charge in [-0.1, -0.05) is 13.0 Å². The number of aromatic hydroxyl groups is 1. The average Bonchev–Trinajstić information content (AvgIpc) is 3.02. The molecule has 0 radical (unpaired) electrons. The molecule has 2 aromatic carbocycles. The number of phenols is 1. The maximum atomic E-state index is 11.2. The molecule has 8 heteroatoms. The highest BCUT2D eigenvalue weighted by molar-refractivity contribution is 5.76. The third-order valence-electron chi connectivity index (χ3n) is 3.92. The number of nitrogens with zero attached hydrogens (tertiary/aromatic N) is 4. The summed E-state index contributed by atoms with van der Waals surface area (Å²) in [5.41, 5.74) is 7.84. The molecule has 0 saturated carbocycles. The number of rotatable bonds is 5. The molecule has 0 saturated heterocycles. The summed E-state index contributed by atoms with van der Waals surface area (Å²) < 4.78 is 6.84. The molecule has 1 heterocycles. The zero-order valence-corrected chi connectivity index (χ0v) is 13.8. The molecule has 0 bridgehead atoms. The second-order valence-corrected chi connectivity index (χ2v) is 5.36. The van der Waals surface area contributed by atoms with E-state index >= 15 is 0 Å². The van der Waals surface area contributed by atoms with Crippen LogP contribution in [0.4, 0.5) is 11.6 Å². The molecule has 3 aromatic rings. The van der Waals surface area contributed by atoms with Gasteiger partial charge in [-0.3, -0.25) is 4.57 Å². The highest BCUT2D eigenvalue weighted by Gasteiger charge is 2.19. The number of aromatic nitrogens is 3. The number of methoxy groups -OCH3 is 1. The van der Waals surface area contributed by atoms with Gasteiger partial charge in [0.25, 0.3) is 0 Å². The van der Waals surface area contributed by atoms with E-state index in [1.165, 1.54) is 6.07 Å². The van der Waals surface area contributed by atoms with Gasteiger partial charge in [0.15, 0.2) is 5.82 Å². The summed E-state index contributed by atoms with van der Waals surface area (Å²) in [6.07, 6.45) is 0.584. The monoisotopic (exact) mass is 339 g/mol. The van der Waals surface area contributed by atoms with Gasteiger partial charge in [-0.15, -0.1) is 15.1 Å². The summed E-state index contributed by atoms with van der Waals surface area (Å²) in [6, 6.07) is 10.2. The standard InChI is InChI=1S/C17H17N5O3/c1-3-10-7-13(14(21-24)9-15(10)23)16-19-20-17(18)22(16)11-5-4-6-12(8-11)25-2/h4-9,23H,3H2,1-2H3,(H2,18,20). The summed E-state index contributed by atoms with van der Waals surface area (Å²) in [5.74, 6) is 1.17. The van der Waals surface area contributed by atoms with Crippen LogP contribution in [0.5, 0.6) is 11.5 Å². The van der Waals surface area contributed by atoms with Crippen LogP contribution in [0.2, 0.25) is 0 Å². The Morgan fingerprint density at radius 2 is 2.08 bits per heavy atom. The van der Waals surface area contributed by atoms with Crippen LogP contribution in [0.3, 0.4) is 0 Å². The molecule has 0 amide bonds. The molecular weight excluding hydrogens is 322 g/mol. The Morgan fingerprint density at radius 1 is 1.28 bits per heavy atom. The van der Waals surface area contributed by atoms with Gasteiger partial charge >= 0.3 is 0 Å². The lowest BCUT2D eigenvalue weighted by Gasteiger charge is -2.12. The van der Waals surface area contributed by atoms with E-state index in [1.807, 2.05) is 19.1 Å². The summed E-state index contributed by atoms with van der Waals surface area (Å²) in [4.78, 5) is 11.2. The van der Waals surface area contributed by atoms with E-state index in [4.69, 9.17) is 10.5 Å². The molecule has 128 valence electrons. The van der Waals surface area contributed by atoms with Gasteiger partial charge in [0.05, 0.1) is 12.8 Å². The third kappa shape index (κ3) is 2.89. The van der Waals surface area contributed by atoms with E-state index in [2.05, 4.69) is 15.4 Å². The van der Waals surface area contributed by atoms with Crippen molar-refractivity contribution in [2.24, 2.45) is 5.18 Å². The topological polar surface area (TPSA) is 116 Å². The van der Waals surface area contributed by atoms with E-state index in [0.717, 1.165) is 0 Å². The lowest BCUT2D eigenvalue weighted by molar-refractivity contribution is 0.414. The number of aryl methyl sites for hydroxylation is 1. The predicted octanol–water partition coefficient (Wildman–Crippen LogP) is 3.19. The van der Waals surface area contributed by atoms with Gasteiger partial charge in [0.1, 0.15) is 17.2 Å². The quantitative estimate of drug-likeness (QED) is 0.690. The minimum absolute atomic E-state index is 0.0151. The van der Waals surface area contributed by atoms with Gasteiger partial charge in [-0.25, -0.2) is 0 Å². The highest BCUT2D eigenvalue weighted by atomic mass is 16.5. The summed E-state index contributed by atoms with van der Waals surface area (Å²) in [7, 11) is 1.57. The van der Waals surface area contributed by atoms with Gasteiger partial charge in [-0.05, 0) is 35.4 Å². The maximum absolute atomic E-state index is 11.2. The van der Waals surface area contributed by atoms with Crippen LogP contribution in [0.25, 0.3) is 17.1 Å². The van der Waals surface area contributed by atoms with Crippen molar-refractivity contribution >= 4 is 11.6 Å². The van der Waals surface area contributed by atoms with E-state index < -0.39 is 0 Å². The number of nitrogen functional groups attached to an aromatic ring is 1. The van der Waals surface area contributed by atoms with Crippen LogP contribution in [0.15, 0.2) is 41.6 Å². The van der Waals surface area contributed by atoms with Crippen LogP contribution >= 0.6 is 0 Å². The number of nitrogens with two attached hydrogens (primary N) is 1. The fourth-order valence-electron chi connectivity index (χ4n) is 2.63. The molecular formula is C17H17N5O3. The zero-order chi connectivity index (χ0) is 18.0. The van der Waals surface area contributed by atoms with Crippen LogP contribution in [-0.2, 0) is 6.42 Å². The number of hydrogen-bond acceptors (Lipinski definition) is 7. The minimum Gasteiger partial charge on any atom is -0.508 e. The highest BCUT2D eigenvalue weighted by Crippen LogP contribution is 2.37. The molecule has 0 aliphatic rings. The van der Waals surface area contributed by atoms with Crippen molar-refractivity contribution in [3.8, 4) is 28.6 Å². The lowest BCUT2D eigenvalue weighted by Crippen LogP contribution is -2.03. The molecule has 0 atom stereocenters. The molecule has 1 aromatic heterocycles. The summed E-state index contributed by atoms with van der Waals surface area (Å²) >= 11 is 0. The molecule has 0 aliphatic carbocycles. The Labute approximate surface area is 143 Å². The van der Waals surface area contributed by atoms with Crippen LogP contribution in [0.1, 0.15) is 12.5 Å². The van der Waals surface area contributed by atoms with Crippen molar-refractivity contribution in [3.63, 3.8) is 0 Å². The fourth-order valence-corrected chi connectivity index (χ4v) is 2.63. The van der Waals surface area contributed by atoms with Crippen molar-refractivity contribution in [1.29, 1.82) is 0 Å². The third-order valence-corrected chi connectivity index (χ3v) is 3.92. The first-order chi connectivity index (χ1) is 12.1. The molecule has 25 heavy (non-hydrogen) atoms. The molecule has 0 fully saturated rings. The van der Waals surface area contributed by atoms with Crippen LogP contribution in [-0.4, -0.2) is 27.0 Å². The second kappa shape index (κ2) is 6.60. The second-order valence-electron chi connectivity index (χ2n) is 5.36. The Morgan fingerprint density at radius 3 is 2.76 bits per heavy atom. The molecule has 0 aliphatic heterocycles. The first-order valence-electron chi connectivity index (χ1n) is 7.64. The van der Waals surface area contributed by atoms with Crippen molar-refractivity contribution in [3.05, 3.63) is 46.9 Å². The number of ether oxygens (including phenoxy) is 1. The van der Waals surface area contributed by atoms with E-state index in [9.17, 15) is 10.0 Å². The number of nitroso groups, excluding NO2 is 1. The Kier molecular flexibility index (Phi) is 4.34. The Bertz CT molecular complexity index is 936. The van der Waals surface area contributed by atoms with Gasteiger partial charge in [0, 0.05) is 17.7 Å². The molecule has 3 N–H and O–H groups in total. The van der Waals surface area contributed by atoms with Crippen molar-refractivity contribution < 1.29 is 9.84 Å². The molecule has 0 unspecified atom stereocenters. The van der Waals surface area contributed by atoms with Crippen LogP contribution < -0.4 is 10.5 Å². The Balaban J connectivity index is 2.25. The van der Waals surface area contributed by atoms with E-state index in [1.54, 1.807) is 29.9 Å². The average molecular weight is 339 g/mol. The molecule has 8 nitrogen and oxygen atoms in total. The number of anilines is 1.